The maximum absolute atomic E-state index is 11.6. The number of rotatable bonds is 6. The lowest BCUT2D eigenvalue weighted by Crippen LogP contribution is -2.35. The standard InChI is InChI=1S/C10H20N2O/c1-4-6-9(3)10(13)12(5-2)8-7-11/h3-8,11H2,1-2H3. The van der Waals surface area contributed by atoms with Crippen LogP contribution in [-0.4, -0.2) is 30.4 Å². The number of carbonyl (C=O) groups is 1. The van der Waals surface area contributed by atoms with Crippen LogP contribution in [0.4, 0.5) is 0 Å². The van der Waals surface area contributed by atoms with Gasteiger partial charge in [0.25, 0.3) is 0 Å². The minimum absolute atomic E-state index is 0.0507. The SMILES string of the molecule is C=C(CCC)C(=O)N(CC)CCN. The molecule has 0 aliphatic carbocycles. The largest absolute Gasteiger partial charge is 0.338 e. The van der Waals surface area contributed by atoms with E-state index in [9.17, 15) is 4.79 Å². The van der Waals surface area contributed by atoms with Gasteiger partial charge in [0.05, 0.1) is 0 Å². The predicted molar refractivity (Wildman–Crippen MR) is 55.4 cm³/mol. The van der Waals surface area contributed by atoms with Crippen molar-refractivity contribution in [3.8, 4) is 0 Å². The topological polar surface area (TPSA) is 46.3 Å². The summed E-state index contributed by atoms with van der Waals surface area (Å²) in [5.74, 6) is 0.0507. The molecule has 0 aromatic rings. The summed E-state index contributed by atoms with van der Waals surface area (Å²) in [5.41, 5.74) is 6.09. The van der Waals surface area contributed by atoms with E-state index in [1.807, 2.05) is 13.8 Å². The van der Waals surface area contributed by atoms with Crippen molar-refractivity contribution >= 4 is 5.91 Å². The third-order valence-corrected chi connectivity index (χ3v) is 1.92. The molecule has 0 saturated heterocycles. The Morgan fingerprint density at radius 1 is 1.46 bits per heavy atom. The van der Waals surface area contributed by atoms with Crippen LogP contribution in [0.2, 0.25) is 0 Å². The first-order valence-corrected chi connectivity index (χ1v) is 4.84. The molecule has 0 aliphatic rings. The first kappa shape index (κ1) is 12.2. The Morgan fingerprint density at radius 2 is 2.08 bits per heavy atom. The monoisotopic (exact) mass is 184 g/mol. The molecule has 0 saturated carbocycles. The molecule has 0 aromatic carbocycles. The Labute approximate surface area is 80.6 Å². The van der Waals surface area contributed by atoms with E-state index in [1.165, 1.54) is 0 Å². The first-order chi connectivity index (χ1) is 6.17. The summed E-state index contributed by atoms with van der Waals surface area (Å²) in [5, 5.41) is 0. The molecule has 13 heavy (non-hydrogen) atoms. The quantitative estimate of drug-likeness (QED) is 0.629. The molecule has 0 spiro atoms. The van der Waals surface area contributed by atoms with Gasteiger partial charge in [-0.3, -0.25) is 4.79 Å². The lowest BCUT2D eigenvalue weighted by Gasteiger charge is -2.20. The fourth-order valence-electron chi connectivity index (χ4n) is 1.19. The second-order valence-electron chi connectivity index (χ2n) is 3.03. The molecule has 0 aromatic heterocycles. The maximum atomic E-state index is 11.6. The molecule has 0 rings (SSSR count). The van der Waals surface area contributed by atoms with Gasteiger partial charge in [0.15, 0.2) is 0 Å². The molecule has 0 unspecified atom stereocenters. The van der Waals surface area contributed by atoms with Crippen LogP contribution in [0.5, 0.6) is 0 Å². The van der Waals surface area contributed by atoms with Gasteiger partial charge in [-0.2, -0.15) is 0 Å². The zero-order chi connectivity index (χ0) is 10.3. The third-order valence-electron chi connectivity index (χ3n) is 1.92. The Hall–Kier alpha value is -0.830. The van der Waals surface area contributed by atoms with Gasteiger partial charge in [0.2, 0.25) is 5.91 Å². The highest BCUT2D eigenvalue weighted by molar-refractivity contribution is 5.92. The van der Waals surface area contributed by atoms with E-state index in [4.69, 9.17) is 5.73 Å². The number of amides is 1. The van der Waals surface area contributed by atoms with E-state index in [0.717, 1.165) is 12.8 Å². The van der Waals surface area contributed by atoms with Gasteiger partial charge in [0.1, 0.15) is 0 Å². The smallest absolute Gasteiger partial charge is 0.249 e. The van der Waals surface area contributed by atoms with Crippen molar-refractivity contribution in [3.05, 3.63) is 12.2 Å². The fraction of sp³-hybridized carbons (Fsp3) is 0.700. The van der Waals surface area contributed by atoms with Crippen molar-refractivity contribution < 1.29 is 4.79 Å². The van der Waals surface area contributed by atoms with Gasteiger partial charge in [0, 0.05) is 25.2 Å². The van der Waals surface area contributed by atoms with Crippen molar-refractivity contribution in [2.45, 2.75) is 26.7 Å². The Balaban J connectivity index is 4.11. The number of hydrogen-bond acceptors (Lipinski definition) is 2. The number of nitrogens with two attached hydrogens (primary N) is 1. The minimum atomic E-state index is 0.0507. The summed E-state index contributed by atoms with van der Waals surface area (Å²) in [6.07, 6.45) is 1.74. The highest BCUT2D eigenvalue weighted by atomic mass is 16.2. The van der Waals surface area contributed by atoms with E-state index in [1.54, 1.807) is 4.90 Å². The molecule has 0 bridgehead atoms. The summed E-state index contributed by atoms with van der Waals surface area (Å²) < 4.78 is 0. The Kier molecular flexibility index (Phi) is 6.24. The van der Waals surface area contributed by atoms with E-state index < -0.39 is 0 Å². The van der Waals surface area contributed by atoms with Gasteiger partial charge >= 0.3 is 0 Å². The highest BCUT2D eigenvalue weighted by Crippen LogP contribution is 2.06. The van der Waals surface area contributed by atoms with Gasteiger partial charge in [-0.05, 0) is 13.3 Å². The highest BCUT2D eigenvalue weighted by Gasteiger charge is 2.12. The van der Waals surface area contributed by atoms with E-state index >= 15 is 0 Å². The van der Waals surface area contributed by atoms with Crippen LogP contribution in [0.3, 0.4) is 0 Å². The molecule has 0 atom stereocenters. The van der Waals surface area contributed by atoms with Crippen molar-refractivity contribution in [2.24, 2.45) is 5.73 Å². The van der Waals surface area contributed by atoms with Crippen molar-refractivity contribution in [1.82, 2.24) is 4.90 Å². The van der Waals surface area contributed by atoms with E-state index in [-0.39, 0.29) is 5.91 Å². The molecular weight excluding hydrogens is 164 g/mol. The molecule has 0 aliphatic heterocycles. The zero-order valence-electron chi connectivity index (χ0n) is 8.68. The van der Waals surface area contributed by atoms with E-state index in [2.05, 4.69) is 6.58 Å². The molecule has 3 nitrogen and oxygen atoms in total. The summed E-state index contributed by atoms with van der Waals surface area (Å²) in [4.78, 5) is 13.4. The van der Waals surface area contributed by atoms with E-state index in [0.29, 0.717) is 25.2 Å². The fourth-order valence-corrected chi connectivity index (χ4v) is 1.19. The third kappa shape index (κ3) is 4.08. The number of likely N-dealkylation sites (N-methyl/N-ethyl adjacent to an activating group) is 1. The Morgan fingerprint density at radius 3 is 2.46 bits per heavy atom. The molecule has 0 heterocycles. The van der Waals surface area contributed by atoms with Gasteiger partial charge in [-0.1, -0.05) is 19.9 Å². The molecule has 0 radical (unpaired) electrons. The number of carbonyl (C=O) groups excluding carboxylic acids is 1. The molecular formula is C10H20N2O. The van der Waals surface area contributed by atoms with Crippen LogP contribution in [0.25, 0.3) is 0 Å². The summed E-state index contributed by atoms with van der Waals surface area (Å²) in [6, 6.07) is 0. The number of hydrogen-bond donors (Lipinski definition) is 1. The first-order valence-electron chi connectivity index (χ1n) is 4.84. The second-order valence-corrected chi connectivity index (χ2v) is 3.03. The van der Waals surface area contributed by atoms with Crippen molar-refractivity contribution in [3.63, 3.8) is 0 Å². The molecule has 0 fully saturated rings. The average Bonchev–Trinajstić information content (AvgIpc) is 2.13. The van der Waals surface area contributed by atoms with Crippen LogP contribution < -0.4 is 5.73 Å². The second kappa shape index (κ2) is 6.66. The summed E-state index contributed by atoms with van der Waals surface area (Å²) in [7, 11) is 0. The number of nitrogens with zero attached hydrogens (tertiary/aromatic N) is 1. The van der Waals surface area contributed by atoms with Crippen LogP contribution in [0, 0.1) is 0 Å². The summed E-state index contributed by atoms with van der Waals surface area (Å²) >= 11 is 0. The maximum Gasteiger partial charge on any atom is 0.249 e. The molecule has 1 amide bonds. The lowest BCUT2D eigenvalue weighted by atomic mass is 10.1. The van der Waals surface area contributed by atoms with Gasteiger partial charge < -0.3 is 10.6 Å². The predicted octanol–water partition coefficient (Wildman–Crippen LogP) is 1.15. The van der Waals surface area contributed by atoms with Gasteiger partial charge in [-0.25, -0.2) is 0 Å². The lowest BCUT2D eigenvalue weighted by molar-refractivity contribution is -0.127. The molecule has 2 N–H and O–H groups in total. The Bertz CT molecular complexity index is 178. The minimum Gasteiger partial charge on any atom is -0.338 e. The zero-order valence-corrected chi connectivity index (χ0v) is 8.68. The van der Waals surface area contributed by atoms with Crippen LogP contribution in [-0.2, 0) is 4.79 Å². The van der Waals surface area contributed by atoms with Crippen LogP contribution in [0.15, 0.2) is 12.2 Å². The van der Waals surface area contributed by atoms with Crippen molar-refractivity contribution in [1.29, 1.82) is 0 Å². The van der Waals surface area contributed by atoms with Gasteiger partial charge in [-0.15, -0.1) is 0 Å². The molecule has 3 heteroatoms. The normalized spacial score (nSPS) is 9.77. The summed E-state index contributed by atoms with van der Waals surface area (Å²) in [6.45, 7) is 9.60. The average molecular weight is 184 g/mol. The molecule has 76 valence electrons. The van der Waals surface area contributed by atoms with Crippen LogP contribution >= 0.6 is 0 Å². The van der Waals surface area contributed by atoms with Crippen molar-refractivity contribution in [2.75, 3.05) is 19.6 Å². The van der Waals surface area contributed by atoms with Crippen LogP contribution in [0.1, 0.15) is 26.7 Å².